The Hall–Kier alpha value is -0.666. The van der Waals surface area contributed by atoms with Gasteiger partial charge in [-0.05, 0) is 17.8 Å². The van der Waals surface area contributed by atoms with Crippen LogP contribution in [-0.4, -0.2) is 19.8 Å². The van der Waals surface area contributed by atoms with Crippen LogP contribution in [0.2, 0.25) is 0 Å². The van der Waals surface area contributed by atoms with Crippen molar-refractivity contribution >= 4 is 0 Å². The summed E-state index contributed by atoms with van der Waals surface area (Å²) in [6.45, 7) is 14.7. The van der Waals surface area contributed by atoms with Crippen molar-refractivity contribution in [2.75, 3.05) is 19.8 Å². The fraction of sp³-hybridized carbons (Fsp3) is 0.667. The minimum Gasteiger partial charge on any atom is -0.543 e. The molecule has 0 spiro atoms. The molecule has 0 atom stereocenters. The maximum atomic E-state index is 5.91. The summed E-state index contributed by atoms with van der Waals surface area (Å²) in [6.07, 6.45) is 0. The maximum absolute atomic E-state index is 5.91. The molecule has 0 aliphatic rings. The van der Waals surface area contributed by atoms with Gasteiger partial charge in [0.05, 0.1) is 37.1 Å². The van der Waals surface area contributed by atoms with Gasteiger partial charge in [0.1, 0.15) is 0 Å². The van der Waals surface area contributed by atoms with Crippen LogP contribution in [0.4, 0.5) is 0 Å². The van der Waals surface area contributed by atoms with E-state index in [1.54, 1.807) is 0 Å². The van der Waals surface area contributed by atoms with E-state index in [0.717, 1.165) is 5.75 Å². The van der Waals surface area contributed by atoms with Gasteiger partial charge in [-0.3, -0.25) is 0 Å². The number of ether oxygens (including phenoxy) is 3. The Morgan fingerprint density at radius 1 is 0.818 bits per heavy atom. The molecular weight excluding hydrogens is 312 g/mol. The third-order valence-electron chi connectivity index (χ3n) is 2.57. The smallest absolute Gasteiger partial charge is 0.0887 e. The topological polar surface area (TPSA) is 27.7 Å². The molecule has 124 valence electrons. The van der Waals surface area contributed by atoms with Gasteiger partial charge in [0.25, 0.3) is 0 Å². The van der Waals surface area contributed by atoms with Crippen molar-refractivity contribution in [3.8, 4) is 17.2 Å². The molecule has 0 saturated carbocycles. The number of hydrogen-bond acceptors (Lipinski definition) is 3. The van der Waals surface area contributed by atoms with Gasteiger partial charge in [0, 0.05) is 21.7 Å². The zero-order valence-corrected chi connectivity index (χ0v) is 16.3. The van der Waals surface area contributed by atoms with Crippen LogP contribution in [0.15, 0.2) is 12.1 Å². The van der Waals surface area contributed by atoms with Gasteiger partial charge in [-0.1, -0.05) is 41.5 Å². The van der Waals surface area contributed by atoms with E-state index in [1.165, 1.54) is 0 Å². The van der Waals surface area contributed by atoms with Crippen molar-refractivity contribution < 1.29 is 35.9 Å². The Labute approximate surface area is 150 Å². The monoisotopic (exact) mass is 341 g/mol. The first-order valence-electron chi connectivity index (χ1n) is 7.83. The molecular formula is C18H29O3Ti-. The third-order valence-corrected chi connectivity index (χ3v) is 2.57. The first-order valence-corrected chi connectivity index (χ1v) is 7.83. The van der Waals surface area contributed by atoms with Gasteiger partial charge in [-0.2, -0.15) is 6.07 Å². The van der Waals surface area contributed by atoms with E-state index in [2.05, 4.69) is 47.6 Å². The van der Waals surface area contributed by atoms with Gasteiger partial charge in [-0.25, -0.2) is 0 Å². The summed E-state index contributed by atoms with van der Waals surface area (Å²) < 4.78 is 17.6. The summed E-state index contributed by atoms with van der Waals surface area (Å²) in [5.74, 6) is 3.42. The zero-order valence-electron chi connectivity index (χ0n) is 14.7. The Kier molecular flexibility index (Phi) is 10.6. The van der Waals surface area contributed by atoms with Crippen molar-refractivity contribution in [2.24, 2.45) is 17.8 Å². The number of hydrogen-bond donors (Lipinski definition) is 0. The molecule has 0 N–H and O–H groups in total. The standard InChI is InChI=1S/C18H29O3.Ti/c1-13(2)10-19-16-8-7-9-17(20-11-14(3)4)18(16)21-12-15(5)6;/h7-8,13-15H,10-12H2,1-6H3;/q-1;. The zero-order chi connectivity index (χ0) is 15.8. The summed E-state index contributed by atoms with van der Waals surface area (Å²) >= 11 is 0. The predicted molar refractivity (Wildman–Crippen MR) is 86.3 cm³/mol. The minimum absolute atomic E-state index is 0. The molecule has 0 aliphatic heterocycles. The summed E-state index contributed by atoms with van der Waals surface area (Å²) in [7, 11) is 0. The summed E-state index contributed by atoms with van der Waals surface area (Å²) in [6, 6.07) is 6.83. The van der Waals surface area contributed by atoms with E-state index in [4.69, 9.17) is 14.2 Å². The maximum Gasteiger partial charge on any atom is 0.0887 e. The molecule has 4 heteroatoms. The molecule has 0 heterocycles. The molecule has 0 radical (unpaired) electrons. The average Bonchev–Trinajstić information content (AvgIpc) is 2.40. The largest absolute Gasteiger partial charge is 0.543 e. The molecule has 0 saturated heterocycles. The molecule has 0 unspecified atom stereocenters. The van der Waals surface area contributed by atoms with E-state index < -0.39 is 0 Å². The van der Waals surface area contributed by atoms with Crippen molar-refractivity contribution in [1.82, 2.24) is 0 Å². The first-order chi connectivity index (χ1) is 9.90. The quantitative estimate of drug-likeness (QED) is 0.486. The van der Waals surface area contributed by atoms with Crippen LogP contribution >= 0.6 is 0 Å². The predicted octanol–water partition coefficient (Wildman–Crippen LogP) is 4.59. The Morgan fingerprint density at radius 2 is 1.32 bits per heavy atom. The second kappa shape index (κ2) is 11.0. The second-order valence-electron chi connectivity index (χ2n) is 6.61. The number of benzene rings is 1. The van der Waals surface area contributed by atoms with E-state index in [-0.39, 0.29) is 21.7 Å². The Bertz CT molecular complexity index is 387. The molecule has 1 rings (SSSR count). The molecule has 3 nitrogen and oxygen atoms in total. The van der Waals surface area contributed by atoms with Crippen LogP contribution in [0.5, 0.6) is 17.2 Å². The average molecular weight is 341 g/mol. The van der Waals surface area contributed by atoms with Gasteiger partial charge in [-0.15, -0.1) is 12.1 Å². The normalized spacial score (nSPS) is 10.8. The van der Waals surface area contributed by atoms with Crippen molar-refractivity contribution in [1.29, 1.82) is 0 Å². The molecule has 0 amide bonds. The van der Waals surface area contributed by atoms with Gasteiger partial charge in [0.15, 0.2) is 0 Å². The summed E-state index contributed by atoms with van der Waals surface area (Å²) in [5, 5.41) is 0. The Balaban J connectivity index is 0.00000441. The van der Waals surface area contributed by atoms with Crippen LogP contribution in [0.1, 0.15) is 41.5 Å². The summed E-state index contributed by atoms with van der Waals surface area (Å²) in [4.78, 5) is 0. The molecule has 1 aromatic carbocycles. The second-order valence-corrected chi connectivity index (χ2v) is 6.61. The van der Waals surface area contributed by atoms with Gasteiger partial charge in [0.2, 0.25) is 0 Å². The molecule has 0 fully saturated rings. The van der Waals surface area contributed by atoms with Crippen LogP contribution < -0.4 is 14.2 Å². The molecule has 0 bridgehead atoms. The van der Waals surface area contributed by atoms with Crippen molar-refractivity contribution in [3.63, 3.8) is 0 Å². The SMILES string of the molecule is CC(C)COc1[c-]ccc(OCC(C)C)c1OCC(C)C.[Ti]. The van der Waals surface area contributed by atoms with E-state index in [1.807, 2.05) is 12.1 Å². The summed E-state index contributed by atoms with van der Waals surface area (Å²) in [5.41, 5.74) is 0. The molecule has 0 aliphatic carbocycles. The molecule has 1 aromatic rings. The van der Waals surface area contributed by atoms with E-state index in [9.17, 15) is 0 Å². The number of rotatable bonds is 9. The van der Waals surface area contributed by atoms with Crippen LogP contribution in [0.25, 0.3) is 0 Å². The van der Waals surface area contributed by atoms with E-state index >= 15 is 0 Å². The minimum atomic E-state index is 0. The van der Waals surface area contributed by atoms with Crippen LogP contribution in [0.3, 0.4) is 0 Å². The fourth-order valence-corrected chi connectivity index (χ4v) is 1.56. The van der Waals surface area contributed by atoms with Crippen molar-refractivity contribution in [3.05, 3.63) is 18.2 Å². The van der Waals surface area contributed by atoms with Crippen molar-refractivity contribution in [2.45, 2.75) is 41.5 Å². The molecule has 0 aromatic heterocycles. The van der Waals surface area contributed by atoms with E-state index in [0.29, 0.717) is 49.1 Å². The van der Waals surface area contributed by atoms with Gasteiger partial charge >= 0.3 is 0 Å². The van der Waals surface area contributed by atoms with Crippen LogP contribution in [0, 0.1) is 23.8 Å². The van der Waals surface area contributed by atoms with Gasteiger partial charge < -0.3 is 14.2 Å². The molecule has 22 heavy (non-hydrogen) atoms. The Morgan fingerprint density at radius 3 is 1.86 bits per heavy atom. The first kappa shape index (κ1) is 21.3. The van der Waals surface area contributed by atoms with Crippen LogP contribution in [-0.2, 0) is 21.7 Å². The fourth-order valence-electron chi connectivity index (χ4n) is 1.56. The third kappa shape index (κ3) is 8.10.